The van der Waals surface area contributed by atoms with Crippen molar-refractivity contribution in [1.82, 2.24) is 4.90 Å². The molecule has 0 bridgehead atoms. The SMILES string of the molecule is CCOC(=O)CCCCN(CCOCc1cccc(C(C)(C)C)c1)Cc1ccc(C(=O)OC)cc1. The van der Waals surface area contributed by atoms with Gasteiger partial charge in [-0.3, -0.25) is 9.69 Å². The summed E-state index contributed by atoms with van der Waals surface area (Å²) in [5, 5.41) is 0. The third kappa shape index (κ3) is 10.6. The molecular weight excluding hydrogens is 442 g/mol. The molecule has 0 aliphatic carbocycles. The van der Waals surface area contributed by atoms with Crippen LogP contribution in [0.5, 0.6) is 0 Å². The Labute approximate surface area is 210 Å². The van der Waals surface area contributed by atoms with Gasteiger partial charge in [0.2, 0.25) is 0 Å². The molecule has 0 radical (unpaired) electrons. The highest BCUT2D eigenvalue weighted by molar-refractivity contribution is 5.89. The quantitative estimate of drug-likeness (QED) is 0.260. The fourth-order valence-corrected chi connectivity index (χ4v) is 3.74. The van der Waals surface area contributed by atoms with E-state index in [9.17, 15) is 9.59 Å². The second-order valence-corrected chi connectivity index (χ2v) is 9.73. The van der Waals surface area contributed by atoms with E-state index in [2.05, 4.69) is 49.9 Å². The van der Waals surface area contributed by atoms with E-state index in [1.54, 1.807) is 12.1 Å². The molecule has 35 heavy (non-hydrogen) atoms. The molecule has 0 amide bonds. The lowest BCUT2D eigenvalue weighted by Crippen LogP contribution is -2.28. The molecule has 0 aliphatic rings. The number of unbranched alkanes of at least 4 members (excludes halogenated alkanes) is 1. The van der Waals surface area contributed by atoms with Gasteiger partial charge >= 0.3 is 11.9 Å². The van der Waals surface area contributed by atoms with Crippen LogP contribution in [0, 0.1) is 0 Å². The van der Waals surface area contributed by atoms with Crippen LogP contribution in [0.15, 0.2) is 48.5 Å². The molecule has 0 aliphatic heterocycles. The van der Waals surface area contributed by atoms with Gasteiger partial charge in [0.25, 0.3) is 0 Å². The number of hydrogen-bond acceptors (Lipinski definition) is 6. The van der Waals surface area contributed by atoms with Gasteiger partial charge in [0, 0.05) is 19.5 Å². The van der Waals surface area contributed by atoms with E-state index in [0.717, 1.165) is 38.0 Å². The van der Waals surface area contributed by atoms with Crippen molar-refractivity contribution < 1.29 is 23.8 Å². The van der Waals surface area contributed by atoms with Crippen LogP contribution in [-0.4, -0.2) is 50.3 Å². The molecule has 2 rings (SSSR count). The summed E-state index contributed by atoms with van der Waals surface area (Å²) >= 11 is 0. The molecule has 0 unspecified atom stereocenters. The molecule has 2 aromatic carbocycles. The van der Waals surface area contributed by atoms with Crippen LogP contribution in [-0.2, 0) is 37.6 Å². The summed E-state index contributed by atoms with van der Waals surface area (Å²) in [6.45, 7) is 12.4. The molecule has 0 saturated heterocycles. The lowest BCUT2D eigenvalue weighted by Gasteiger charge is -2.23. The number of carbonyl (C=O) groups is 2. The van der Waals surface area contributed by atoms with Gasteiger partial charge in [-0.1, -0.05) is 57.2 Å². The number of ether oxygens (including phenoxy) is 3. The van der Waals surface area contributed by atoms with Crippen LogP contribution in [0.4, 0.5) is 0 Å². The van der Waals surface area contributed by atoms with Gasteiger partial charge < -0.3 is 14.2 Å². The van der Waals surface area contributed by atoms with E-state index in [4.69, 9.17) is 14.2 Å². The molecular formula is C29H41NO5. The summed E-state index contributed by atoms with van der Waals surface area (Å²) in [5.41, 5.74) is 4.24. The molecule has 0 spiro atoms. The Morgan fingerprint density at radius 1 is 0.943 bits per heavy atom. The van der Waals surface area contributed by atoms with Gasteiger partial charge in [0.05, 0.1) is 32.5 Å². The van der Waals surface area contributed by atoms with Gasteiger partial charge in [-0.2, -0.15) is 0 Å². The Balaban J connectivity index is 1.90. The summed E-state index contributed by atoms with van der Waals surface area (Å²) in [6, 6.07) is 16.1. The minimum Gasteiger partial charge on any atom is -0.466 e. The largest absolute Gasteiger partial charge is 0.466 e. The standard InChI is InChI=1S/C29H41NO5/c1-6-35-27(31)12-7-8-17-30(21-23-13-15-25(16-14-23)28(32)33-5)18-19-34-22-24-10-9-11-26(20-24)29(2,3)4/h9-11,13-16,20H,6-8,12,17-19,21-22H2,1-5H3. The molecule has 0 N–H and O–H groups in total. The van der Waals surface area contributed by atoms with Crippen molar-refractivity contribution in [2.45, 2.75) is 65.5 Å². The normalized spacial score (nSPS) is 11.5. The van der Waals surface area contributed by atoms with Gasteiger partial charge in [0.15, 0.2) is 0 Å². The summed E-state index contributed by atoms with van der Waals surface area (Å²) < 4.78 is 15.8. The van der Waals surface area contributed by atoms with E-state index in [-0.39, 0.29) is 17.4 Å². The molecule has 0 heterocycles. The first kappa shape index (κ1) is 28.5. The van der Waals surface area contributed by atoms with Gasteiger partial charge in [-0.25, -0.2) is 4.79 Å². The van der Waals surface area contributed by atoms with Crippen LogP contribution in [0.2, 0.25) is 0 Å². The molecule has 0 aromatic heterocycles. The van der Waals surface area contributed by atoms with Crippen LogP contribution >= 0.6 is 0 Å². The zero-order valence-corrected chi connectivity index (χ0v) is 22.0. The maximum atomic E-state index is 11.7. The molecule has 2 aromatic rings. The number of hydrogen-bond donors (Lipinski definition) is 0. The summed E-state index contributed by atoms with van der Waals surface area (Å²) in [6.07, 6.45) is 2.12. The molecule has 192 valence electrons. The first-order chi connectivity index (χ1) is 16.7. The topological polar surface area (TPSA) is 65.1 Å². The van der Waals surface area contributed by atoms with Crippen LogP contribution < -0.4 is 0 Å². The second-order valence-electron chi connectivity index (χ2n) is 9.73. The van der Waals surface area contributed by atoms with Crippen molar-refractivity contribution in [1.29, 1.82) is 0 Å². The minimum atomic E-state index is -0.337. The van der Waals surface area contributed by atoms with Gasteiger partial charge in [-0.05, 0) is 60.5 Å². The number of methoxy groups -OCH3 is 1. The number of carbonyl (C=O) groups excluding carboxylic acids is 2. The van der Waals surface area contributed by atoms with E-state index >= 15 is 0 Å². The van der Waals surface area contributed by atoms with Crippen molar-refractivity contribution in [3.05, 3.63) is 70.8 Å². The predicted octanol–water partition coefficient (Wildman–Crippen LogP) is 5.52. The lowest BCUT2D eigenvalue weighted by atomic mass is 9.86. The highest BCUT2D eigenvalue weighted by Crippen LogP contribution is 2.23. The Kier molecular flexibility index (Phi) is 11.9. The van der Waals surface area contributed by atoms with Crippen molar-refractivity contribution in [3.63, 3.8) is 0 Å². The smallest absolute Gasteiger partial charge is 0.337 e. The average molecular weight is 484 g/mol. The number of esters is 2. The second kappa shape index (κ2) is 14.6. The van der Waals surface area contributed by atoms with E-state index in [0.29, 0.717) is 31.8 Å². The average Bonchev–Trinajstić information content (AvgIpc) is 2.84. The highest BCUT2D eigenvalue weighted by Gasteiger charge is 2.14. The van der Waals surface area contributed by atoms with Crippen LogP contribution in [0.1, 0.15) is 74.0 Å². The maximum absolute atomic E-state index is 11.7. The molecule has 0 atom stereocenters. The van der Waals surface area contributed by atoms with Gasteiger partial charge in [0.1, 0.15) is 0 Å². The number of benzene rings is 2. The Bertz CT molecular complexity index is 917. The molecule has 0 saturated carbocycles. The number of rotatable bonds is 14. The van der Waals surface area contributed by atoms with E-state index in [1.807, 2.05) is 19.1 Å². The maximum Gasteiger partial charge on any atom is 0.337 e. The molecule has 0 fully saturated rings. The van der Waals surface area contributed by atoms with Crippen molar-refractivity contribution in [2.75, 3.05) is 33.4 Å². The van der Waals surface area contributed by atoms with Crippen LogP contribution in [0.25, 0.3) is 0 Å². The third-order valence-corrected chi connectivity index (χ3v) is 5.81. The van der Waals surface area contributed by atoms with Gasteiger partial charge in [-0.15, -0.1) is 0 Å². The fraction of sp³-hybridized carbons (Fsp3) is 0.517. The zero-order chi connectivity index (χ0) is 25.7. The minimum absolute atomic E-state index is 0.111. The first-order valence-electron chi connectivity index (χ1n) is 12.4. The predicted molar refractivity (Wildman–Crippen MR) is 138 cm³/mol. The summed E-state index contributed by atoms with van der Waals surface area (Å²) in [7, 11) is 1.38. The highest BCUT2D eigenvalue weighted by atomic mass is 16.5. The van der Waals surface area contributed by atoms with Crippen LogP contribution in [0.3, 0.4) is 0 Å². The van der Waals surface area contributed by atoms with E-state index in [1.165, 1.54) is 18.2 Å². The Morgan fingerprint density at radius 3 is 2.34 bits per heavy atom. The first-order valence-corrected chi connectivity index (χ1v) is 12.4. The van der Waals surface area contributed by atoms with E-state index < -0.39 is 0 Å². The monoisotopic (exact) mass is 483 g/mol. The zero-order valence-electron chi connectivity index (χ0n) is 22.0. The summed E-state index contributed by atoms with van der Waals surface area (Å²) in [4.78, 5) is 25.7. The van der Waals surface area contributed by atoms with Crippen molar-refractivity contribution in [2.24, 2.45) is 0 Å². The number of nitrogens with zero attached hydrogens (tertiary/aromatic N) is 1. The Morgan fingerprint density at radius 2 is 1.69 bits per heavy atom. The fourth-order valence-electron chi connectivity index (χ4n) is 3.74. The lowest BCUT2D eigenvalue weighted by molar-refractivity contribution is -0.143. The molecule has 6 nitrogen and oxygen atoms in total. The Hall–Kier alpha value is -2.70. The third-order valence-electron chi connectivity index (χ3n) is 5.81. The van der Waals surface area contributed by atoms with Crippen molar-refractivity contribution in [3.8, 4) is 0 Å². The molecule has 6 heteroatoms. The summed E-state index contributed by atoms with van der Waals surface area (Å²) in [5.74, 6) is -0.477. The van der Waals surface area contributed by atoms with Crippen molar-refractivity contribution >= 4 is 11.9 Å².